The second kappa shape index (κ2) is 6.81. The van der Waals surface area contributed by atoms with Gasteiger partial charge >= 0.3 is 0 Å². The third-order valence-electron chi connectivity index (χ3n) is 4.35. The zero-order valence-electron chi connectivity index (χ0n) is 13.9. The average Bonchev–Trinajstić information content (AvgIpc) is 3.18. The molecule has 9 heteroatoms. The summed E-state index contributed by atoms with van der Waals surface area (Å²) in [5, 5.41) is 0. The lowest BCUT2D eigenvalue weighted by Gasteiger charge is -2.22. The molecule has 0 saturated carbocycles. The van der Waals surface area contributed by atoms with Crippen molar-refractivity contribution in [3.8, 4) is 11.4 Å². The molecule has 0 N–H and O–H groups in total. The van der Waals surface area contributed by atoms with E-state index in [4.69, 9.17) is 4.74 Å². The molecule has 1 aliphatic rings. The van der Waals surface area contributed by atoms with E-state index in [1.54, 1.807) is 17.0 Å². The molecule has 1 aliphatic heterocycles. The quantitative estimate of drug-likeness (QED) is 0.805. The molecule has 1 aromatic carbocycles. The number of hydrogen-bond acceptors (Lipinski definition) is 4. The van der Waals surface area contributed by atoms with Crippen LogP contribution in [0.4, 0.5) is 8.78 Å². The topological polar surface area (TPSA) is 64.4 Å². The number of rotatable bonds is 5. The summed E-state index contributed by atoms with van der Waals surface area (Å²) in [6, 6.07) is 3.32. The van der Waals surface area contributed by atoms with Crippen LogP contribution in [0.1, 0.15) is 6.04 Å². The maximum atomic E-state index is 13.5. The molecule has 25 heavy (non-hydrogen) atoms. The lowest BCUT2D eigenvalue weighted by Crippen LogP contribution is -2.32. The van der Waals surface area contributed by atoms with E-state index in [1.165, 1.54) is 24.5 Å². The van der Waals surface area contributed by atoms with Crippen LogP contribution in [-0.4, -0.2) is 55.3 Å². The summed E-state index contributed by atoms with van der Waals surface area (Å²) < 4.78 is 59.6. The first-order valence-electron chi connectivity index (χ1n) is 7.76. The summed E-state index contributed by atoms with van der Waals surface area (Å²) in [5.74, 6) is -1.75. The molecule has 0 bridgehead atoms. The molecule has 3 rings (SSSR count). The van der Waals surface area contributed by atoms with Gasteiger partial charge in [0.1, 0.15) is 5.82 Å². The SMILES string of the molecule is CN(C)S(=O)(=O)C[C@@H]1COC[C@H]1n1ccnc1-c1ccc(F)c(F)c1. The number of hydrogen-bond donors (Lipinski definition) is 0. The van der Waals surface area contributed by atoms with Crippen molar-refractivity contribution in [2.24, 2.45) is 5.92 Å². The standard InChI is InChI=1S/C16H19F2N3O3S/c1-20(2)25(22,23)10-12-8-24-9-15(12)21-6-5-19-16(21)11-3-4-13(17)14(18)7-11/h3-7,12,15H,8-10H2,1-2H3/t12-,15+/m0/s1. The van der Waals surface area contributed by atoms with Crippen molar-refractivity contribution in [3.05, 3.63) is 42.2 Å². The summed E-state index contributed by atoms with van der Waals surface area (Å²) in [4.78, 5) is 4.23. The van der Waals surface area contributed by atoms with Crippen LogP contribution in [0.15, 0.2) is 30.6 Å². The molecule has 0 radical (unpaired) electrons. The zero-order chi connectivity index (χ0) is 18.2. The summed E-state index contributed by atoms with van der Waals surface area (Å²) in [7, 11) is -0.405. The van der Waals surface area contributed by atoms with E-state index in [0.29, 0.717) is 24.6 Å². The van der Waals surface area contributed by atoms with Crippen molar-refractivity contribution in [3.63, 3.8) is 0 Å². The number of ether oxygens (including phenoxy) is 1. The van der Waals surface area contributed by atoms with Gasteiger partial charge < -0.3 is 9.30 Å². The van der Waals surface area contributed by atoms with Crippen LogP contribution in [0.2, 0.25) is 0 Å². The van der Waals surface area contributed by atoms with Crippen LogP contribution >= 0.6 is 0 Å². The summed E-state index contributed by atoms with van der Waals surface area (Å²) in [6.07, 6.45) is 3.25. The Morgan fingerprint density at radius 2 is 2.04 bits per heavy atom. The Morgan fingerprint density at radius 1 is 1.28 bits per heavy atom. The van der Waals surface area contributed by atoms with Crippen LogP contribution in [0, 0.1) is 17.6 Å². The minimum absolute atomic E-state index is 0.0555. The molecule has 1 saturated heterocycles. The van der Waals surface area contributed by atoms with Crippen LogP contribution in [0.5, 0.6) is 0 Å². The van der Waals surface area contributed by atoms with Crippen molar-refractivity contribution in [1.29, 1.82) is 0 Å². The highest BCUT2D eigenvalue weighted by Gasteiger charge is 2.35. The summed E-state index contributed by atoms with van der Waals surface area (Å²) in [5.41, 5.74) is 0.421. The fourth-order valence-electron chi connectivity index (χ4n) is 2.91. The minimum Gasteiger partial charge on any atom is -0.379 e. The molecule has 6 nitrogen and oxygen atoms in total. The molecular formula is C16H19F2N3O3S. The van der Waals surface area contributed by atoms with Crippen LogP contribution < -0.4 is 0 Å². The van der Waals surface area contributed by atoms with E-state index in [-0.39, 0.29) is 17.7 Å². The van der Waals surface area contributed by atoms with Crippen molar-refractivity contribution < 1.29 is 21.9 Å². The predicted molar refractivity (Wildman–Crippen MR) is 88.4 cm³/mol. The lowest BCUT2D eigenvalue weighted by atomic mass is 10.1. The number of halogens is 2. The van der Waals surface area contributed by atoms with Crippen LogP contribution in [0.3, 0.4) is 0 Å². The highest BCUT2D eigenvalue weighted by atomic mass is 32.2. The Bertz CT molecular complexity index is 867. The molecule has 1 aromatic heterocycles. The molecule has 2 aromatic rings. The molecule has 1 fully saturated rings. The lowest BCUT2D eigenvalue weighted by molar-refractivity contribution is 0.182. The van der Waals surface area contributed by atoms with Gasteiger partial charge in [-0.1, -0.05) is 0 Å². The molecule has 0 aliphatic carbocycles. The Balaban J connectivity index is 1.92. The Hall–Kier alpha value is -1.84. The van der Waals surface area contributed by atoms with Crippen molar-refractivity contribution in [2.75, 3.05) is 33.1 Å². The Kier molecular flexibility index (Phi) is 4.90. The number of aromatic nitrogens is 2. The second-order valence-corrected chi connectivity index (χ2v) is 8.44. The summed E-state index contributed by atoms with van der Waals surface area (Å²) in [6.45, 7) is 0.647. The van der Waals surface area contributed by atoms with Gasteiger partial charge in [-0.05, 0) is 18.2 Å². The van der Waals surface area contributed by atoms with Crippen molar-refractivity contribution in [1.82, 2.24) is 13.9 Å². The maximum absolute atomic E-state index is 13.5. The fraction of sp³-hybridized carbons (Fsp3) is 0.438. The van der Waals surface area contributed by atoms with Crippen LogP contribution in [0.25, 0.3) is 11.4 Å². The van der Waals surface area contributed by atoms with Crippen LogP contribution in [-0.2, 0) is 14.8 Å². The largest absolute Gasteiger partial charge is 0.379 e. The predicted octanol–water partition coefficient (Wildman–Crippen LogP) is 1.91. The third-order valence-corrected chi connectivity index (χ3v) is 6.31. The molecular weight excluding hydrogens is 352 g/mol. The van der Waals surface area contributed by atoms with Gasteiger partial charge in [0.05, 0.1) is 25.0 Å². The van der Waals surface area contributed by atoms with E-state index < -0.39 is 21.7 Å². The minimum atomic E-state index is -3.39. The first-order valence-corrected chi connectivity index (χ1v) is 9.36. The molecule has 2 heterocycles. The number of nitrogens with zero attached hydrogens (tertiary/aromatic N) is 3. The van der Waals surface area contributed by atoms with E-state index in [1.807, 2.05) is 0 Å². The third kappa shape index (κ3) is 3.58. The first-order chi connectivity index (χ1) is 11.8. The fourth-order valence-corrected chi connectivity index (χ4v) is 4.07. The Labute approximate surface area is 145 Å². The van der Waals surface area contributed by atoms with Crippen molar-refractivity contribution in [2.45, 2.75) is 6.04 Å². The summed E-state index contributed by atoms with van der Waals surface area (Å²) >= 11 is 0. The van der Waals surface area contributed by atoms with E-state index in [9.17, 15) is 17.2 Å². The second-order valence-electron chi connectivity index (χ2n) is 6.21. The van der Waals surface area contributed by atoms with Gasteiger partial charge in [-0.25, -0.2) is 26.5 Å². The molecule has 0 amide bonds. The molecule has 0 spiro atoms. The highest BCUT2D eigenvalue weighted by molar-refractivity contribution is 7.89. The smallest absolute Gasteiger partial charge is 0.214 e. The van der Waals surface area contributed by atoms with Gasteiger partial charge in [-0.3, -0.25) is 0 Å². The first kappa shape index (κ1) is 18.0. The van der Waals surface area contributed by atoms with Gasteiger partial charge in [0, 0.05) is 38.0 Å². The highest BCUT2D eigenvalue weighted by Crippen LogP contribution is 2.32. The monoisotopic (exact) mass is 371 g/mol. The molecule has 2 atom stereocenters. The number of imidazole rings is 1. The molecule has 136 valence electrons. The van der Waals surface area contributed by atoms with E-state index >= 15 is 0 Å². The average molecular weight is 371 g/mol. The van der Waals surface area contributed by atoms with Gasteiger partial charge in [0.2, 0.25) is 10.0 Å². The van der Waals surface area contributed by atoms with E-state index in [2.05, 4.69) is 4.98 Å². The van der Waals surface area contributed by atoms with E-state index in [0.717, 1.165) is 12.1 Å². The Morgan fingerprint density at radius 3 is 2.72 bits per heavy atom. The number of sulfonamides is 1. The number of benzene rings is 1. The van der Waals surface area contributed by atoms with Gasteiger partial charge in [-0.15, -0.1) is 0 Å². The normalized spacial score (nSPS) is 21.2. The van der Waals surface area contributed by atoms with Gasteiger partial charge in [0.15, 0.2) is 11.6 Å². The van der Waals surface area contributed by atoms with Gasteiger partial charge in [0.25, 0.3) is 0 Å². The van der Waals surface area contributed by atoms with Crippen molar-refractivity contribution >= 4 is 10.0 Å². The maximum Gasteiger partial charge on any atom is 0.214 e. The zero-order valence-corrected chi connectivity index (χ0v) is 14.7. The molecule has 0 unspecified atom stereocenters. The van der Waals surface area contributed by atoms with Gasteiger partial charge in [-0.2, -0.15) is 0 Å².